The van der Waals surface area contributed by atoms with Gasteiger partial charge in [0.2, 0.25) is 0 Å². The van der Waals surface area contributed by atoms with Crippen LogP contribution in [0.1, 0.15) is 24.5 Å². The molecular weight excluding hydrogens is 304 g/mol. The topological polar surface area (TPSA) is 59.6 Å². The molecule has 5 nitrogen and oxygen atoms in total. The van der Waals surface area contributed by atoms with E-state index < -0.39 is 0 Å². The van der Waals surface area contributed by atoms with E-state index in [9.17, 15) is 4.79 Å². The van der Waals surface area contributed by atoms with Crippen molar-refractivity contribution >= 4 is 6.03 Å². The van der Waals surface area contributed by atoms with Gasteiger partial charge < -0.3 is 20.1 Å². The zero-order valence-corrected chi connectivity index (χ0v) is 14.2. The number of nitrogens with one attached hydrogen (secondary N) is 2. The number of hydrogen-bond acceptors (Lipinski definition) is 3. The minimum Gasteiger partial charge on any atom is -0.496 e. The Hall–Kier alpha value is -2.69. The molecule has 0 fully saturated rings. The predicted octanol–water partition coefficient (Wildman–Crippen LogP) is 3.48. The van der Waals surface area contributed by atoms with Crippen molar-refractivity contribution in [2.75, 3.05) is 13.8 Å². The number of carbonyl (C=O) groups excluding carboxylic acids is 1. The summed E-state index contributed by atoms with van der Waals surface area (Å²) in [6.07, 6.45) is 2.18. The monoisotopic (exact) mass is 328 g/mol. The highest BCUT2D eigenvalue weighted by molar-refractivity contribution is 5.73. The van der Waals surface area contributed by atoms with Crippen molar-refractivity contribution in [1.82, 2.24) is 10.6 Å². The summed E-state index contributed by atoms with van der Waals surface area (Å²) in [7, 11) is 1.61. The zero-order chi connectivity index (χ0) is 17.2. The molecule has 5 heteroatoms. The van der Waals surface area contributed by atoms with Gasteiger partial charge >= 0.3 is 6.03 Å². The van der Waals surface area contributed by atoms with Crippen molar-refractivity contribution < 1.29 is 14.3 Å². The van der Waals surface area contributed by atoms with Gasteiger partial charge in [0.1, 0.15) is 11.5 Å². The lowest BCUT2D eigenvalue weighted by Crippen LogP contribution is -2.37. The van der Waals surface area contributed by atoms with Gasteiger partial charge in [0.25, 0.3) is 0 Å². The summed E-state index contributed by atoms with van der Waals surface area (Å²) in [4.78, 5) is 11.8. The van der Waals surface area contributed by atoms with Crippen molar-refractivity contribution in [2.24, 2.45) is 0 Å². The number of carbonyl (C=O) groups is 1. The van der Waals surface area contributed by atoms with Gasteiger partial charge in [-0.1, -0.05) is 43.7 Å². The van der Waals surface area contributed by atoms with E-state index in [0.29, 0.717) is 6.54 Å². The van der Waals surface area contributed by atoms with E-state index in [2.05, 4.69) is 17.6 Å². The van der Waals surface area contributed by atoms with Crippen LogP contribution in [-0.2, 0) is 13.0 Å². The Kier molecular flexibility index (Phi) is 6.95. The Bertz CT molecular complexity index is 641. The van der Waals surface area contributed by atoms with Gasteiger partial charge in [-0.2, -0.15) is 0 Å². The highest BCUT2D eigenvalue weighted by Crippen LogP contribution is 2.16. The Labute approximate surface area is 143 Å². The first-order chi connectivity index (χ1) is 11.7. The number of methoxy groups -OCH3 is 1. The SMILES string of the molecule is CCCc1ccc(OCNC(=O)NCc2ccccc2OC)cc1. The number of amides is 2. The van der Waals surface area contributed by atoms with Crippen LogP contribution in [0.15, 0.2) is 48.5 Å². The van der Waals surface area contributed by atoms with Crippen LogP contribution in [0, 0.1) is 0 Å². The number of urea groups is 1. The van der Waals surface area contributed by atoms with Gasteiger partial charge in [-0.3, -0.25) is 0 Å². The van der Waals surface area contributed by atoms with Gasteiger partial charge in [0.05, 0.1) is 7.11 Å². The van der Waals surface area contributed by atoms with E-state index in [1.54, 1.807) is 7.11 Å². The van der Waals surface area contributed by atoms with Crippen LogP contribution < -0.4 is 20.1 Å². The second-order valence-electron chi connectivity index (χ2n) is 5.35. The van der Waals surface area contributed by atoms with Crippen LogP contribution in [0.25, 0.3) is 0 Å². The summed E-state index contributed by atoms with van der Waals surface area (Å²) < 4.78 is 10.8. The fourth-order valence-electron chi connectivity index (χ4n) is 2.31. The first-order valence-corrected chi connectivity index (χ1v) is 8.08. The van der Waals surface area contributed by atoms with Crippen LogP contribution in [0.5, 0.6) is 11.5 Å². The molecule has 2 aromatic rings. The van der Waals surface area contributed by atoms with Gasteiger partial charge in [-0.15, -0.1) is 0 Å². The molecule has 0 aliphatic rings. The molecule has 0 aliphatic carbocycles. The highest BCUT2D eigenvalue weighted by Gasteiger charge is 2.04. The third-order valence-corrected chi connectivity index (χ3v) is 3.57. The van der Waals surface area contributed by atoms with Crippen molar-refractivity contribution in [3.05, 3.63) is 59.7 Å². The van der Waals surface area contributed by atoms with E-state index in [4.69, 9.17) is 9.47 Å². The van der Waals surface area contributed by atoms with Gasteiger partial charge in [0, 0.05) is 12.1 Å². The van der Waals surface area contributed by atoms with Crippen molar-refractivity contribution in [3.8, 4) is 11.5 Å². The lowest BCUT2D eigenvalue weighted by Gasteiger charge is -2.11. The molecule has 0 aromatic heterocycles. The van der Waals surface area contributed by atoms with E-state index in [0.717, 1.165) is 29.9 Å². The van der Waals surface area contributed by atoms with E-state index in [-0.39, 0.29) is 12.8 Å². The molecule has 24 heavy (non-hydrogen) atoms. The van der Waals surface area contributed by atoms with E-state index in [1.165, 1.54) is 5.56 Å². The second kappa shape index (κ2) is 9.45. The lowest BCUT2D eigenvalue weighted by molar-refractivity contribution is 0.223. The smallest absolute Gasteiger partial charge is 0.317 e. The standard InChI is InChI=1S/C19H24N2O3/c1-3-6-15-9-11-17(12-10-15)24-14-21-19(22)20-13-16-7-4-5-8-18(16)23-2/h4-5,7-12H,3,6,13-14H2,1-2H3,(H2,20,21,22). The minimum absolute atomic E-state index is 0.116. The first kappa shape index (κ1) is 17.7. The normalized spacial score (nSPS) is 10.1. The van der Waals surface area contributed by atoms with Crippen LogP contribution in [0.3, 0.4) is 0 Å². The molecule has 0 bridgehead atoms. The summed E-state index contributed by atoms with van der Waals surface area (Å²) in [5, 5.41) is 5.44. The predicted molar refractivity (Wildman–Crippen MR) is 94.3 cm³/mol. The minimum atomic E-state index is -0.288. The quantitative estimate of drug-likeness (QED) is 0.729. The van der Waals surface area contributed by atoms with Crippen molar-refractivity contribution in [1.29, 1.82) is 0 Å². The fourth-order valence-corrected chi connectivity index (χ4v) is 2.31. The Morgan fingerprint density at radius 3 is 2.50 bits per heavy atom. The Morgan fingerprint density at radius 1 is 1.04 bits per heavy atom. The first-order valence-electron chi connectivity index (χ1n) is 8.08. The van der Waals surface area contributed by atoms with Crippen molar-refractivity contribution in [3.63, 3.8) is 0 Å². The van der Waals surface area contributed by atoms with Gasteiger partial charge in [-0.05, 0) is 30.2 Å². The summed E-state index contributed by atoms with van der Waals surface area (Å²) >= 11 is 0. The lowest BCUT2D eigenvalue weighted by atomic mass is 10.1. The molecule has 2 amide bonds. The maximum absolute atomic E-state index is 11.8. The molecule has 0 atom stereocenters. The summed E-state index contributed by atoms with van der Waals surface area (Å²) in [6, 6.07) is 15.2. The van der Waals surface area contributed by atoms with Crippen LogP contribution in [0.4, 0.5) is 4.79 Å². The van der Waals surface area contributed by atoms with Gasteiger partial charge in [0.15, 0.2) is 6.73 Å². The average molecular weight is 328 g/mol. The van der Waals surface area contributed by atoms with Crippen LogP contribution in [0.2, 0.25) is 0 Å². The number of hydrogen-bond donors (Lipinski definition) is 2. The maximum Gasteiger partial charge on any atom is 0.317 e. The summed E-state index contributed by atoms with van der Waals surface area (Å²) in [6.45, 7) is 2.66. The van der Waals surface area contributed by atoms with Crippen LogP contribution >= 0.6 is 0 Å². The Balaban J connectivity index is 1.71. The number of rotatable bonds is 8. The second-order valence-corrected chi connectivity index (χ2v) is 5.35. The molecular formula is C19H24N2O3. The van der Waals surface area contributed by atoms with Crippen molar-refractivity contribution in [2.45, 2.75) is 26.3 Å². The summed E-state index contributed by atoms with van der Waals surface area (Å²) in [5.41, 5.74) is 2.20. The fraction of sp³-hybridized carbons (Fsp3) is 0.316. The molecule has 2 aromatic carbocycles. The largest absolute Gasteiger partial charge is 0.496 e. The molecule has 0 heterocycles. The highest BCUT2D eigenvalue weighted by atomic mass is 16.5. The zero-order valence-electron chi connectivity index (χ0n) is 14.2. The average Bonchev–Trinajstić information content (AvgIpc) is 2.62. The Morgan fingerprint density at radius 2 is 1.79 bits per heavy atom. The number of para-hydroxylation sites is 1. The van der Waals surface area contributed by atoms with Crippen LogP contribution in [-0.4, -0.2) is 19.9 Å². The molecule has 0 unspecified atom stereocenters. The maximum atomic E-state index is 11.8. The summed E-state index contributed by atoms with van der Waals surface area (Å²) in [5.74, 6) is 1.49. The molecule has 2 rings (SSSR count). The number of aryl methyl sites for hydroxylation is 1. The molecule has 0 aliphatic heterocycles. The van der Waals surface area contributed by atoms with E-state index in [1.807, 2.05) is 48.5 Å². The third kappa shape index (κ3) is 5.50. The van der Waals surface area contributed by atoms with E-state index >= 15 is 0 Å². The molecule has 128 valence electrons. The molecule has 2 N–H and O–H groups in total. The third-order valence-electron chi connectivity index (χ3n) is 3.57. The number of ether oxygens (including phenoxy) is 2. The molecule has 0 radical (unpaired) electrons. The number of benzene rings is 2. The molecule has 0 saturated carbocycles. The molecule has 0 saturated heterocycles. The van der Waals surface area contributed by atoms with Gasteiger partial charge in [-0.25, -0.2) is 4.79 Å². The molecule has 0 spiro atoms.